The van der Waals surface area contributed by atoms with Gasteiger partial charge in [-0.3, -0.25) is 0 Å². The number of hydrogen-bond donors (Lipinski definition) is 2. The van der Waals surface area contributed by atoms with Gasteiger partial charge in [0.1, 0.15) is 17.5 Å². The van der Waals surface area contributed by atoms with E-state index in [2.05, 4.69) is 22.2 Å². The number of hydrogen-bond acceptors (Lipinski definition) is 4. The first-order chi connectivity index (χ1) is 6.65. The molecule has 0 saturated heterocycles. The third-order valence-electron chi connectivity index (χ3n) is 2.56. The van der Waals surface area contributed by atoms with Gasteiger partial charge < -0.3 is 11.1 Å². The summed E-state index contributed by atoms with van der Waals surface area (Å²) >= 11 is 0. The Balaban J connectivity index is 2.07. The highest BCUT2D eigenvalue weighted by molar-refractivity contribution is 5.45. The molecule has 76 valence electrons. The molecule has 3 N–H and O–H groups in total. The van der Waals surface area contributed by atoms with E-state index in [0.717, 1.165) is 17.6 Å². The Morgan fingerprint density at radius 1 is 1.50 bits per heavy atom. The highest BCUT2D eigenvalue weighted by atomic mass is 15.1. The van der Waals surface area contributed by atoms with E-state index in [1.807, 2.05) is 6.92 Å². The quantitative estimate of drug-likeness (QED) is 0.763. The highest BCUT2D eigenvalue weighted by Crippen LogP contribution is 2.33. The third kappa shape index (κ3) is 2.13. The van der Waals surface area contributed by atoms with Crippen LogP contribution in [0.3, 0.4) is 0 Å². The van der Waals surface area contributed by atoms with Crippen molar-refractivity contribution in [2.24, 2.45) is 5.92 Å². The number of anilines is 2. The Bertz CT molecular complexity index is 313. The second kappa shape index (κ2) is 3.44. The van der Waals surface area contributed by atoms with E-state index >= 15 is 0 Å². The summed E-state index contributed by atoms with van der Waals surface area (Å²) in [4.78, 5) is 8.31. The molecule has 0 bridgehead atoms. The van der Waals surface area contributed by atoms with Crippen molar-refractivity contribution in [2.45, 2.75) is 32.7 Å². The van der Waals surface area contributed by atoms with Crippen LogP contribution in [0.4, 0.5) is 11.6 Å². The van der Waals surface area contributed by atoms with Crippen LogP contribution in [0.5, 0.6) is 0 Å². The summed E-state index contributed by atoms with van der Waals surface area (Å²) in [6, 6.07) is 2.27. The molecule has 1 fully saturated rings. The fourth-order valence-electron chi connectivity index (χ4n) is 1.61. The molecule has 1 atom stereocenters. The maximum absolute atomic E-state index is 5.64. The molecule has 0 radical (unpaired) electrons. The molecule has 1 saturated carbocycles. The lowest BCUT2D eigenvalue weighted by Gasteiger charge is -2.13. The molecule has 1 aliphatic rings. The van der Waals surface area contributed by atoms with Crippen LogP contribution in [0.15, 0.2) is 6.07 Å². The number of rotatable bonds is 3. The highest BCUT2D eigenvalue weighted by Gasteiger charge is 2.27. The second-order valence-corrected chi connectivity index (χ2v) is 4.00. The zero-order chi connectivity index (χ0) is 10.1. The molecule has 0 aliphatic heterocycles. The molecule has 1 aromatic rings. The standard InChI is InChI=1S/C10H16N4/c1-6(8-3-4-8)12-10-5-9(11)13-7(2)14-10/h5-6,8H,3-4H2,1-2H3,(H3,11,12,13,14). The fraction of sp³-hybridized carbons (Fsp3) is 0.600. The van der Waals surface area contributed by atoms with Gasteiger partial charge in [-0.15, -0.1) is 0 Å². The van der Waals surface area contributed by atoms with Crippen molar-refractivity contribution in [2.75, 3.05) is 11.1 Å². The van der Waals surface area contributed by atoms with E-state index in [0.29, 0.717) is 11.9 Å². The largest absolute Gasteiger partial charge is 0.384 e. The van der Waals surface area contributed by atoms with Gasteiger partial charge in [0.15, 0.2) is 0 Å². The number of nitrogens with one attached hydrogen (secondary N) is 1. The van der Waals surface area contributed by atoms with Gasteiger partial charge in [0.2, 0.25) is 0 Å². The minimum atomic E-state index is 0.490. The Hall–Kier alpha value is -1.32. The smallest absolute Gasteiger partial charge is 0.132 e. The molecule has 2 rings (SSSR count). The number of nitrogens with two attached hydrogens (primary N) is 1. The Labute approximate surface area is 83.9 Å². The van der Waals surface area contributed by atoms with E-state index in [1.165, 1.54) is 12.8 Å². The van der Waals surface area contributed by atoms with Crippen LogP contribution in [-0.4, -0.2) is 16.0 Å². The van der Waals surface area contributed by atoms with Gasteiger partial charge in [-0.05, 0) is 32.6 Å². The van der Waals surface area contributed by atoms with Gasteiger partial charge in [-0.2, -0.15) is 0 Å². The first-order valence-corrected chi connectivity index (χ1v) is 5.03. The molecular weight excluding hydrogens is 176 g/mol. The molecule has 4 heteroatoms. The Morgan fingerprint density at radius 3 is 2.79 bits per heavy atom. The maximum Gasteiger partial charge on any atom is 0.132 e. The summed E-state index contributed by atoms with van der Waals surface area (Å²) < 4.78 is 0. The van der Waals surface area contributed by atoms with Crippen molar-refractivity contribution in [1.82, 2.24) is 9.97 Å². The first-order valence-electron chi connectivity index (χ1n) is 5.03. The molecule has 0 spiro atoms. The molecule has 1 heterocycles. The molecule has 1 unspecified atom stereocenters. The Kier molecular flexibility index (Phi) is 2.27. The molecule has 0 amide bonds. The number of nitrogen functional groups attached to an aromatic ring is 1. The van der Waals surface area contributed by atoms with Crippen molar-refractivity contribution < 1.29 is 0 Å². The van der Waals surface area contributed by atoms with Gasteiger partial charge in [-0.25, -0.2) is 9.97 Å². The normalized spacial score (nSPS) is 17.9. The number of aromatic nitrogens is 2. The predicted molar refractivity (Wildman–Crippen MR) is 57.0 cm³/mol. The number of aryl methyl sites for hydroxylation is 1. The van der Waals surface area contributed by atoms with Gasteiger partial charge >= 0.3 is 0 Å². The third-order valence-corrected chi connectivity index (χ3v) is 2.56. The fourth-order valence-corrected chi connectivity index (χ4v) is 1.61. The zero-order valence-corrected chi connectivity index (χ0v) is 8.62. The number of nitrogens with zero attached hydrogens (tertiary/aromatic N) is 2. The van der Waals surface area contributed by atoms with Crippen molar-refractivity contribution in [3.8, 4) is 0 Å². The summed E-state index contributed by atoms with van der Waals surface area (Å²) in [5.74, 6) is 2.90. The van der Waals surface area contributed by atoms with Gasteiger partial charge in [-0.1, -0.05) is 0 Å². The van der Waals surface area contributed by atoms with Gasteiger partial charge in [0, 0.05) is 12.1 Å². The van der Waals surface area contributed by atoms with E-state index in [1.54, 1.807) is 6.07 Å². The predicted octanol–water partition coefficient (Wildman–Crippen LogP) is 1.58. The van der Waals surface area contributed by atoms with Crippen molar-refractivity contribution in [3.05, 3.63) is 11.9 Å². The molecule has 4 nitrogen and oxygen atoms in total. The molecule has 0 aromatic carbocycles. The minimum absolute atomic E-state index is 0.490. The van der Waals surface area contributed by atoms with Crippen LogP contribution >= 0.6 is 0 Å². The summed E-state index contributed by atoms with van der Waals surface area (Å²) in [5.41, 5.74) is 5.64. The lowest BCUT2D eigenvalue weighted by Crippen LogP contribution is -2.18. The first kappa shape index (κ1) is 9.24. The summed E-state index contributed by atoms with van der Waals surface area (Å²) in [6.07, 6.45) is 2.65. The van der Waals surface area contributed by atoms with Gasteiger partial charge in [0.25, 0.3) is 0 Å². The molecular formula is C10H16N4. The summed E-state index contributed by atoms with van der Waals surface area (Å²) in [6.45, 7) is 4.04. The monoisotopic (exact) mass is 192 g/mol. The minimum Gasteiger partial charge on any atom is -0.384 e. The Morgan fingerprint density at radius 2 is 2.21 bits per heavy atom. The zero-order valence-electron chi connectivity index (χ0n) is 8.62. The van der Waals surface area contributed by atoms with Crippen LogP contribution in [0.25, 0.3) is 0 Å². The van der Waals surface area contributed by atoms with Crippen molar-refractivity contribution in [3.63, 3.8) is 0 Å². The van der Waals surface area contributed by atoms with E-state index in [4.69, 9.17) is 5.73 Å². The average Bonchev–Trinajstić information content (AvgIpc) is 2.82. The summed E-state index contributed by atoms with van der Waals surface area (Å²) in [5, 5.41) is 3.35. The second-order valence-electron chi connectivity index (χ2n) is 4.00. The van der Waals surface area contributed by atoms with Crippen molar-refractivity contribution >= 4 is 11.6 Å². The van der Waals surface area contributed by atoms with Crippen LogP contribution in [0.2, 0.25) is 0 Å². The van der Waals surface area contributed by atoms with E-state index in [9.17, 15) is 0 Å². The SMILES string of the molecule is Cc1nc(N)cc(NC(C)C2CC2)n1. The van der Waals surface area contributed by atoms with Crippen LogP contribution in [0.1, 0.15) is 25.6 Å². The lowest BCUT2D eigenvalue weighted by molar-refractivity contribution is 0.689. The van der Waals surface area contributed by atoms with Crippen LogP contribution in [0, 0.1) is 12.8 Å². The summed E-state index contributed by atoms with van der Waals surface area (Å²) in [7, 11) is 0. The molecule has 1 aromatic heterocycles. The average molecular weight is 192 g/mol. The lowest BCUT2D eigenvalue weighted by atomic mass is 10.2. The van der Waals surface area contributed by atoms with Crippen LogP contribution in [-0.2, 0) is 0 Å². The molecule has 1 aliphatic carbocycles. The maximum atomic E-state index is 5.64. The van der Waals surface area contributed by atoms with Crippen LogP contribution < -0.4 is 11.1 Å². The van der Waals surface area contributed by atoms with E-state index in [-0.39, 0.29) is 0 Å². The van der Waals surface area contributed by atoms with Crippen molar-refractivity contribution in [1.29, 1.82) is 0 Å². The van der Waals surface area contributed by atoms with E-state index < -0.39 is 0 Å². The molecule has 14 heavy (non-hydrogen) atoms. The van der Waals surface area contributed by atoms with Gasteiger partial charge in [0.05, 0.1) is 0 Å². The topological polar surface area (TPSA) is 63.8 Å².